The molecule has 0 unspecified atom stereocenters. The quantitative estimate of drug-likeness (QED) is 0.654. The molecule has 0 spiro atoms. The van der Waals surface area contributed by atoms with Gasteiger partial charge in [-0.25, -0.2) is 8.42 Å². The zero-order chi connectivity index (χ0) is 18.7. The van der Waals surface area contributed by atoms with E-state index in [-0.39, 0.29) is 17.1 Å². The summed E-state index contributed by atoms with van der Waals surface area (Å²) in [5.41, 5.74) is 3.26. The van der Waals surface area contributed by atoms with Crippen molar-refractivity contribution in [1.29, 1.82) is 0 Å². The highest BCUT2D eigenvalue weighted by molar-refractivity contribution is 7.92. The molecule has 0 aliphatic carbocycles. The lowest BCUT2D eigenvalue weighted by molar-refractivity contribution is -0.116. The highest BCUT2D eigenvalue weighted by Crippen LogP contribution is 2.34. The number of aryl methyl sites for hydroxylation is 1. The Hall–Kier alpha value is -2.73. The SMILES string of the molecule is CCC(=O)CS(=O)(=O)c1ccc(-c2c(-c3ccccc3)noc2C)cc1. The van der Waals surface area contributed by atoms with Crippen molar-refractivity contribution in [2.75, 3.05) is 5.75 Å². The molecule has 0 saturated heterocycles. The van der Waals surface area contributed by atoms with Crippen LogP contribution in [-0.2, 0) is 14.6 Å². The fraction of sp³-hybridized carbons (Fsp3) is 0.200. The third-order valence-electron chi connectivity index (χ3n) is 4.16. The highest BCUT2D eigenvalue weighted by atomic mass is 32.2. The minimum absolute atomic E-state index is 0.137. The Morgan fingerprint density at radius 1 is 1.00 bits per heavy atom. The number of carbonyl (C=O) groups is 1. The third-order valence-corrected chi connectivity index (χ3v) is 5.85. The van der Waals surface area contributed by atoms with E-state index in [9.17, 15) is 13.2 Å². The van der Waals surface area contributed by atoms with E-state index in [2.05, 4.69) is 5.16 Å². The highest BCUT2D eigenvalue weighted by Gasteiger charge is 2.20. The van der Waals surface area contributed by atoms with E-state index in [1.807, 2.05) is 37.3 Å². The van der Waals surface area contributed by atoms with Gasteiger partial charge in [0.25, 0.3) is 0 Å². The smallest absolute Gasteiger partial charge is 0.185 e. The van der Waals surface area contributed by atoms with Gasteiger partial charge in [-0.05, 0) is 24.6 Å². The van der Waals surface area contributed by atoms with Gasteiger partial charge >= 0.3 is 0 Å². The maximum Gasteiger partial charge on any atom is 0.185 e. The molecule has 134 valence electrons. The van der Waals surface area contributed by atoms with E-state index in [0.29, 0.717) is 11.5 Å². The fourth-order valence-corrected chi connectivity index (χ4v) is 4.08. The molecular weight excluding hydrogens is 350 g/mol. The minimum atomic E-state index is -3.62. The van der Waals surface area contributed by atoms with E-state index in [4.69, 9.17) is 4.52 Å². The van der Waals surface area contributed by atoms with Crippen molar-refractivity contribution in [3.63, 3.8) is 0 Å². The van der Waals surface area contributed by atoms with Crippen molar-refractivity contribution in [3.05, 3.63) is 60.4 Å². The van der Waals surface area contributed by atoms with Gasteiger partial charge in [0.2, 0.25) is 0 Å². The van der Waals surface area contributed by atoms with Crippen LogP contribution in [0.5, 0.6) is 0 Å². The molecule has 1 aromatic heterocycles. The zero-order valence-electron chi connectivity index (χ0n) is 14.6. The monoisotopic (exact) mass is 369 g/mol. The van der Waals surface area contributed by atoms with Gasteiger partial charge in [0.05, 0.1) is 10.5 Å². The zero-order valence-corrected chi connectivity index (χ0v) is 15.4. The Labute approximate surface area is 152 Å². The summed E-state index contributed by atoms with van der Waals surface area (Å²) in [5, 5.41) is 4.15. The molecule has 0 saturated carbocycles. The average Bonchev–Trinajstić information content (AvgIpc) is 3.03. The van der Waals surface area contributed by atoms with Crippen LogP contribution in [0, 0.1) is 6.92 Å². The van der Waals surface area contributed by atoms with E-state index >= 15 is 0 Å². The topological polar surface area (TPSA) is 77.2 Å². The van der Waals surface area contributed by atoms with Gasteiger partial charge in [0, 0.05) is 12.0 Å². The molecule has 6 heteroatoms. The van der Waals surface area contributed by atoms with Gasteiger partial charge < -0.3 is 4.52 Å². The molecule has 3 aromatic rings. The van der Waals surface area contributed by atoms with Gasteiger partial charge in [0.1, 0.15) is 23.0 Å². The molecule has 2 aromatic carbocycles. The Kier molecular flexibility index (Phi) is 5.04. The number of sulfone groups is 1. The van der Waals surface area contributed by atoms with Gasteiger partial charge in [-0.15, -0.1) is 0 Å². The average molecular weight is 369 g/mol. The van der Waals surface area contributed by atoms with Crippen molar-refractivity contribution < 1.29 is 17.7 Å². The molecule has 0 radical (unpaired) electrons. The molecule has 0 aliphatic heterocycles. The second kappa shape index (κ2) is 7.25. The van der Waals surface area contributed by atoms with Crippen LogP contribution >= 0.6 is 0 Å². The lowest BCUT2D eigenvalue weighted by Gasteiger charge is -2.06. The number of benzene rings is 2. The standard InChI is InChI=1S/C20H19NO4S/c1-3-17(22)13-26(23,24)18-11-9-15(10-12-18)19-14(2)25-21-20(19)16-7-5-4-6-8-16/h4-12H,3,13H2,1-2H3. The van der Waals surface area contributed by atoms with Crippen molar-refractivity contribution >= 4 is 15.6 Å². The summed E-state index contributed by atoms with van der Waals surface area (Å²) in [7, 11) is -3.62. The second-order valence-electron chi connectivity index (χ2n) is 6.00. The number of Topliss-reactive ketones (excluding diaryl/α,β-unsaturated/α-hetero) is 1. The lowest BCUT2D eigenvalue weighted by Crippen LogP contribution is -2.15. The van der Waals surface area contributed by atoms with Crippen LogP contribution in [0.3, 0.4) is 0 Å². The number of hydrogen-bond donors (Lipinski definition) is 0. The Balaban J connectivity index is 1.98. The first-order chi connectivity index (χ1) is 12.4. The van der Waals surface area contributed by atoms with Gasteiger partial charge in [-0.3, -0.25) is 4.79 Å². The molecule has 0 fully saturated rings. The van der Waals surface area contributed by atoms with Crippen molar-refractivity contribution in [2.45, 2.75) is 25.2 Å². The molecule has 3 rings (SSSR count). The fourth-order valence-electron chi connectivity index (χ4n) is 2.73. The molecule has 0 N–H and O–H groups in total. The molecule has 26 heavy (non-hydrogen) atoms. The Morgan fingerprint density at radius 3 is 2.27 bits per heavy atom. The van der Waals surface area contributed by atoms with E-state index in [1.165, 1.54) is 12.1 Å². The van der Waals surface area contributed by atoms with Crippen molar-refractivity contribution in [2.24, 2.45) is 0 Å². The molecule has 5 nitrogen and oxygen atoms in total. The number of ketones is 1. The molecule has 1 heterocycles. The van der Waals surface area contributed by atoms with Crippen LogP contribution in [0.15, 0.2) is 64.0 Å². The van der Waals surface area contributed by atoms with Crippen LogP contribution in [0.4, 0.5) is 0 Å². The van der Waals surface area contributed by atoms with Crippen LogP contribution < -0.4 is 0 Å². The van der Waals surface area contributed by atoms with Crippen molar-refractivity contribution in [3.8, 4) is 22.4 Å². The number of carbonyl (C=O) groups excluding carboxylic acids is 1. The van der Waals surface area contributed by atoms with E-state index < -0.39 is 15.6 Å². The van der Waals surface area contributed by atoms with Crippen LogP contribution in [0.2, 0.25) is 0 Å². The first-order valence-electron chi connectivity index (χ1n) is 8.29. The summed E-state index contributed by atoms with van der Waals surface area (Å²) in [5.74, 6) is -0.110. The molecule has 0 amide bonds. The Bertz CT molecular complexity index is 1020. The van der Waals surface area contributed by atoms with E-state index in [1.54, 1.807) is 19.1 Å². The molecule has 0 bridgehead atoms. The molecule has 0 atom stereocenters. The van der Waals surface area contributed by atoms with Crippen LogP contribution in [0.25, 0.3) is 22.4 Å². The third kappa shape index (κ3) is 3.60. The summed E-state index contributed by atoms with van der Waals surface area (Å²) in [6, 6.07) is 16.1. The summed E-state index contributed by atoms with van der Waals surface area (Å²) >= 11 is 0. The molecule has 0 aliphatic rings. The summed E-state index contributed by atoms with van der Waals surface area (Å²) in [6.45, 7) is 3.47. The molecular formula is C20H19NO4S. The predicted molar refractivity (Wildman–Crippen MR) is 99.5 cm³/mol. The lowest BCUT2D eigenvalue weighted by atomic mass is 10.00. The Morgan fingerprint density at radius 2 is 1.65 bits per heavy atom. The van der Waals surface area contributed by atoms with Gasteiger partial charge in [0.15, 0.2) is 9.84 Å². The first-order valence-corrected chi connectivity index (χ1v) is 9.94. The predicted octanol–water partition coefficient (Wildman–Crippen LogP) is 4.07. The second-order valence-corrected chi connectivity index (χ2v) is 7.99. The van der Waals surface area contributed by atoms with Gasteiger partial charge in [-0.2, -0.15) is 0 Å². The summed E-state index contributed by atoms with van der Waals surface area (Å²) in [4.78, 5) is 11.6. The first kappa shape index (κ1) is 18.1. The number of nitrogens with zero attached hydrogens (tertiary/aromatic N) is 1. The summed E-state index contributed by atoms with van der Waals surface area (Å²) < 4.78 is 30.0. The van der Waals surface area contributed by atoms with Gasteiger partial charge in [-0.1, -0.05) is 54.5 Å². The van der Waals surface area contributed by atoms with Crippen LogP contribution in [-0.4, -0.2) is 25.1 Å². The van der Waals surface area contributed by atoms with Crippen molar-refractivity contribution in [1.82, 2.24) is 5.16 Å². The van der Waals surface area contributed by atoms with E-state index in [0.717, 1.165) is 16.7 Å². The van der Waals surface area contributed by atoms with Crippen LogP contribution in [0.1, 0.15) is 19.1 Å². The maximum absolute atomic E-state index is 12.3. The maximum atomic E-state index is 12.3. The summed E-state index contributed by atoms with van der Waals surface area (Å²) in [6.07, 6.45) is 0.206. The number of aromatic nitrogens is 1. The normalized spacial score (nSPS) is 11.5. The number of rotatable bonds is 6. The minimum Gasteiger partial charge on any atom is -0.360 e. The largest absolute Gasteiger partial charge is 0.360 e. The number of hydrogen-bond acceptors (Lipinski definition) is 5.